The Labute approximate surface area is 140 Å². The third kappa shape index (κ3) is 3.48. The van der Waals surface area contributed by atoms with Crippen molar-refractivity contribution >= 4 is 11.6 Å². The van der Waals surface area contributed by atoms with Crippen molar-refractivity contribution in [3.8, 4) is 11.1 Å². The zero-order valence-corrected chi connectivity index (χ0v) is 14.0. The third-order valence-electron chi connectivity index (χ3n) is 4.39. The molecule has 0 aliphatic heterocycles. The molecule has 6 nitrogen and oxygen atoms in total. The summed E-state index contributed by atoms with van der Waals surface area (Å²) in [6, 6.07) is 4.07. The fourth-order valence-electron chi connectivity index (χ4n) is 2.94. The molecule has 0 aliphatic rings. The Balaban J connectivity index is 1.64. The van der Waals surface area contributed by atoms with Gasteiger partial charge in [-0.05, 0) is 36.5 Å². The third-order valence-corrected chi connectivity index (χ3v) is 4.39. The van der Waals surface area contributed by atoms with Gasteiger partial charge in [0.25, 0.3) is 0 Å². The molecule has 0 fully saturated rings. The second-order valence-corrected chi connectivity index (χ2v) is 6.43. The number of pyridine rings is 1. The van der Waals surface area contributed by atoms with Gasteiger partial charge in [0.2, 0.25) is 0 Å². The number of carboxylic acids is 1. The van der Waals surface area contributed by atoms with Crippen LogP contribution in [0.1, 0.15) is 26.7 Å². The molecule has 0 saturated heterocycles. The molecule has 1 atom stereocenters. The van der Waals surface area contributed by atoms with Crippen molar-refractivity contribution < 1.29 is 9.90 Å². The molecule has 1 N–H and O–H groups in total. The Bertz CT molecular complexity index is 834. The van der Waals surface area contributed by atoms with Gasteiger partial charge in [-0.3, -0.25) is 9.48 Å². The van der Waals surface area contributed by atoms with Crippen LogP contribution in [-0.4, -0.2) is 30.2 Å². The lowest BCUT2D eigenvalue weighted by Gasteiger charge is -2.15. The molecule has 0 aromatic carbocycles. The van der Waals surface area contributed by atoms with E-state index in [9.17, 15) is 9.90 Å². The van der Waals surface area contributed by atoms with Gasteiger partial charge in [-0.2, -0.15) is 5.10 Å². The number of rotatable bonds is 7. The highest BCUT2D eigenvalue weighted by molar-refractivity contribution is 5.70. The van der Waals surface area contributed by atoms with Crippen LogP contribution in [-0.2, 0) is 11.3 Å². The van der Waals surface area contributed by atoms with Crippen LogP contribution in [0.4, 0.5) is 0 Å². The molecule has 0 bridgehead atoms. The Kier molecular flexibility index (Phi) is 4.64. The van der Waals surface area contributed by atoms with Crippen molar-refractivity contribution in [1.29, 1.82) is 0 Å². The van der Waals surface area contributed by atoms with Gasteiger partial charge in [-0.1, -0.05) is 13.8 Å². The summed E-state index contributed by atoms with van der Waals surface area (Å²) in [4.78, 5) is 15.5. The summed E-state index contributed by atoms with van der Waals surface area (Å²) in [7, 11) is 0. The Morgan fingerprint density at radius 3 is 2.88 bits per heavy atom. The Hall–Kier alpha value is -2.63. The molecule has 1 unspecified atom stereocenters. The summed E-state index contributed by atoms with van der Waals surface area (Å²) in [6.45, 7) is 4.63. The lowest BCUT2D eigenvalue weighted by atomic mass is 9.91. The van der Waals surface area contributed by atoms with Gasteiger partial charge in [0.1, 0.15) is 5.65 Å². The zero-order chi connectivity index (χ0) is 17.1. The van der Waals surface area contributed by atoms with Crippen LogP contribution < -0.4 is 0 Å². The number of aryl methyl sites for hydroxylation is 1. The Morgan fingerprint density at radius 2 is 2.12 bits per heavy atom. The van der Waals surface area contributed by atoms with Gasteiger partial charge in [0.15, 0.2) is 0 Å². The lowest BCUT2D eigenvalue weighted by molar-refractivity contribution is -0.143. The Morgan fingerprint density at radius 1 is 1.29 bits per heavy atom. The first kappa shape index (κ1) is 16.2. The summed E-state index contributed by atoms with van der Waals surface area (Å²) < 4.78 is 3.84. The normalized spacial score (nSPS) is 12.8. The van der Waals surface area contributed by atoms with Crippen molar-refractivity contribution in [2.75, 3.05) is 0 Å². The maximum atomic E-state index is 11.2. The first-order chi connectivity index (χ1) is 11.5. The van der Waals surface area contributed by atoms with Crippen LogP contribution in [0.15, 0.2) is 43.1 Å². The van der Waals surface area contributed by atoms with Gasteiger partial charge >= 0.3 is 5.97 Å². The van der Waals surface area contributed by atoms with E-state index < -0.39 is 5.97 Å². The van der Waals surface area contributed by atoms with E-state index in [1.165, 1.54) is 0 Å². The van der Waals surface area contributed by atoms with E-state index in [0.717, 1.165) is 29.7 Å². The summed E-state index contributed by atoms with van der Waals surface area (Å²) >= 11 is 0. The van der Waals surface area contributed by atoms with Gasteiger partial charge in [-0.25, -0.2) is 4.98 Å². The van der Waals surface area contributed by atoms with Gasteiger partial charge in [0, 0.05) is 36.9 Å². The molecule has 0 radical (unpaired) electrons. The maximum absolute atomic E-state index is 11.2. The van der Waals surface area contributed by atoms with Crippen molar-refractivity contribution in [2.24, 2.45) is 11.8 Å². The summed E-state index contributed by atoms with van der Waals surface area (Å²) in [5, 5.41) is 13.6. The molecule has 3 heterocycles. The summed E-state index contributed by atoms with van der Waals surface area (Å²) in [5.74, 6) is -0.848. The van der Waals surface area contributed by atoms with Crippen LogP contribution in [0.25, 0.3) is 16.8 Å². The van der Waals surface area contributed by atoms with Crippen molar-refractivity contribution in [2.45, 2.75) is 33.2 Å². The highest BCUT2D eigenvalue weighted by Gasteiger charge is 2.20. The lowest BCUT2D eigenvalue weighted by Crippen LogP contribution is -2.20. The van der Waals surface area contributed by atoms with E-state index in [2.05, 4.69) is 10.1 Å². The zero-order valence-electron chi connectivity index (χ0n) is 14.0. The first-order valence-electron chi connectivity index (χ1n) is 8.23. The van der Waals surface area contributed by atoms with Crippen molar-refractivity contribution in [3.63, 3.8) is 0 Å². The minimum atomic E-state index is -0.709. The topological polar surface area (TPSA) is 72.4 Å². The fraction of sp³-hybridized carbons (Fsp3) is 0.389. The summed E-state index contributed by atoms with van der Waals surface area (Å²) in [5.41, 5.74) is 3.02. The number of hydrogen-bond acceptors (Lipinski definition) is 3. The standard InChI is InChI=1S/C18H22N4O2/c1-13(2)16(18(23)24)4-3-7-22-12-15(11-20-22)14-5-8-21-9-6-19-17(21)10-14/h5-6,8-13,16H,3-4,7H2,1-2H3,(H,23,24). The van der Waals surface area contributed by atoms with Crippen LogP contribution in [0.3, 0.4) is 0 Å². The highest BCUT2D eigenvalue weighted by atomic mass is 16.4. The van der Waals surface area contributed by atoms with Crippen molar-refractivity contribution in [3.05, 3.63) is 43.1 Å². The number of aliphatic carboxylic acids is 1. The fourth-order valence-corrected chi connectivity index (χ4v) is 2.94. The highest BCUT2D eigenvalue weighted by Crippen LogP contribution is 2.21. The van der Waals surface area contributed by atoms with E-state index in [1.54, 1.807) is 6.20 Å². The van der Waals surface area contributed by atoms with Crippen molar-refractivity contribution in [1.82, 2.24) is 19.2 Å². The molecule has 3 aromatic heterocycles. The molecule has 24 heavy (non-hydrogen) atoms. The maximum Gasteiger partial charge on any atom is 0.306 e. The second-order valence-electron chi connectivity index (χ2n) is 6.43. The second kappa shape index (κ2) is 6.86. The number of hydrogen-bond donors (Lipinski definition) is 1. The molecule has 3 aromatic rings. The van der Waals surface area contributed by atoms with Gasteiger partial charge < -0.3 is 9.51 Å². The molecule has 0 amide bonds. The number of carbonyl (C=O) groups is 1. The van der Waals surface area contributed by atoms with Gasteiger partial charge in [-0.15, -0.1) is 0 Å². The quantitative estimate of drug-likeness (QED) is 0.723. The van der Waals surface area contributed by atoms with Crippen LogP contribution >= 0.6 is 0 Å². The SMILES string of the molecule is CC(C)C(CCCn1cc(-c2ccn3ccnc3c2)cn1)C(=O)O. The average Bonchev–Trinajstić information content (AvgIpc) is 3.18. The molecule has 6 heteroatoms. The summed E-state index contributed by atoms with van der Waals surface area (Å²) in [6.07, 6.45) is 11.0. The van der Waals surface area contributed by atoms with E-state index in [0.29, 0.717) is 6.42 Å². The van der Waals surface area contributed by atoms with Crippen LogP contribution in [0, 0.1) is 11.8 Å². The first-order valence-corrected chi connectivity index (χ1v) is 8.23. The largest absolute Gasteiger partial charge is 0.481 e. The molecule has 0 aliphatic carbocycles. The molecule has 126 valence electrons. The molecule has 3 rings (SSSR count). The molecular weight excluding hydrogens is 304 g/mol. The number of carboxylic acid groups (broad SMARTS) is 1. The van der Waals surface area contributed by atoms with E-state index >= 15 is 0 Å². The van der Waals surface area contributed by atoms with E-state index in [1.807, 2.05) is 59.9 Å². The van der Waals surface area contributed by atoms with Crippen LogP contribution in [0.2, 0.25) is 0 Å². The average molecular weight is 326 g/mol. The monoisotopic (exact) mass is 326 g/mol. The predicted molar refractivity (Wildman–Crippen MR) is 91.6 cm³/mol. The van der Waals surface area contributed by atoms with Crippen LogP contribution in [0.5, 0.6) is 0 Å². The van der Waals surface area contributed by atoms with E-state index in [4.69, 9.17) is 0 Å². The molecule has 0 spiro atoms. The number of aromatic nitrogens is 4. The number of nitrogens with zero attached hydrogens (tertiary/aromatic N) is 4. The van der Waals surface area contributed by atoms with Gasteiger partial charge in [0.05, 0.1) is 12.1 Å². The van der Waals surface area contributed by atoms with E-state index in [-0.39, 0.29) is 11.8 Å². The molecular formula is C18H22N4O2. The predicted octanol–water partition coefficient (Wildman–Crippen LogP) is 3.33. The minimum Gasteiger partial charge on any atom is -0.481 e. The molecule has 0 saturated carbocycles. The smallest absolute Gasteiger partial charge is 0.306 e. The number of fused-ring (bicyclic) bond motifs is 1. The minimum absolute atomic E-state index is 0.150. The number of imidazole rings is 1.